The first-order chi connectivity index (χ1) is 9.93. The molecular weight excluding hydrogens is 277 g/mol. The van der Waals surface area contributed by atoms with E-state index < -0.39 is 33.6 Å². The highest BCUT2D eigenvalue weighted by Gasteiger charge is 2.30. The highest BCUT2D eigenvalue weighted by atomic mass is 19.1. The highest BCUT2D eigenvalue weighted by Crippen LogP contribution is 2.30. The summed E-state index contributed by atoms with van der Waals surface area (Å²) in [5.41, 5.74) is 4.41. The Hall–Kier alpha value is -2.18. The van der Waals surface area contributed by atoms with Crippen LogP contribution in [0.15, 0.2) is 12.1 Å². The molecule has 0 aliphatic carbocycles. The van der Waals surface area contributed by atoms with Gasteiger partial charge in [0.25, 0.3) is 11.6 Å². The summed E-state index contributed by atoms with van der Waals surface area (Å²) in [6.45, 7) is 2.41. The first kappa shape index (κ1) is 15.2. The maximum atomic E-state index is 14.0. The molecule has 0 saturated carbocycles. The number of carbonyl (C=O) groups excluding carboxylic acids is 1. The first-order valence-electron chi connectivity index (χ1n) is 6.96. The van der Waals surface area contributed by atoms with Crippen LogP contribution >= 0.6 is 0 Å². The molecule has 21 heavy (non-hydrogen) atoms. The zero-order valence-electron chi connectivity index (χ0n) is 11.8. The van der Waals surface area contributed by atoms with E-state index in [0.717, 1.165) is 37.8 Å². The fraction of sp³-hybridized carbons (Fsp3) is 0.500. The number of likely N-dealkylation sites (tertiary alicyclic amines) is 1. The van der Waals surface area contributed by atoms with Crippen LogP contribution in [0.4, 0.5) is 15.8 Å². The number of nitrogens with two attached hydrogens (primary N) is 1. The van der Waals surface area contributed by atoms with Gasteiger partial charge in [-0.05, 0) is 25.8 Å². The number of anilines is 1. The number of amides is 1. The number of nitrogen functional groups attached to an aromatic ring is 1. The third-order valence-corrected chi connectivity index (χ3v) is 3.90. The summed E-state index contributed by atoms with van der Waals surface area (Å²) < 4.78 is 14.0. The second-order valence-corrected chi connectivity index (χ2v) is 5.31. The summed E-state index contributed by atoms with van der Waals surface area (Å²) in [5, 5.41) is 10.9. The van der Waals surface area contributed by atoms with Gasteiger partial charge in [-0.15, -0.1) is 0 Å². The number of carbonyl (C=O) groups is 1. The Morgan fingerprint density at radius 3 is 2.81 bits per heavy atom. The molecule has 1 aromatic carbocycles. The zero-order valence-corrected chi connectivity index (χ0v) is 11.8. The quantitative estimate of drug-likeness (QED) is 0.516. The van der Waals surface area contributed by atoms with Gasteiger partial charge in [0.15, 0.2) is 0 Å². The second-order valence-electron chi connectivity index (χ2n) is 5.31. The van der Waals surface area contributed by atoms with Crippen LogP contribution in [0.1, 0.15) is 43.0 Å². The molecule has 0 radical (unpaired) electrons. The summed E-state index contributed by atoms with van der Waals surface area (Å²) in [4.78, 5) is 24.3. The van der Waals surface area contributed by atoms with Crippen LogP contribution in [-0.2, 0) is 0 Å². The minimum atomic E-state index is -0.820. The van der Waals surface area contributed by atoms with Gasteiger partial charge in [-0.25, -0.2) is 4.39 Å². The minimum absolute atomic E-state index is 0.0296. The fourth-order valence-electron chi connectivity index (χ4n) is 2.68. The Balaban J connectivity index is 2.42. The summed E-state index contributed by atoms with van der Waals surface area (Å²) >= 11 is 0. The maximum Gasteiger partial charge on any atom is 0.293 e. The predicted molar refractivity (Wildman–Crippen MR) is 76.4 cm³/mol. The van der Waals surface area contributed by atoms with Crippen molar-refractivity contribution in [2.75, 3.05) is 12.3 Å². The van der Waals surface area contributed by atoms with Crippen molar-refractivity contribution >= 4 is 17.3 Å². The molecule has 2 N–H and O–H groups in total. The first-order valence-corrected chi connectivity index (χ1v) is 6.96. The van der Waals surface area contributed by atoms with E-state index >= 15 is 0 Å². The molecule has 6 nitrogen and oxygen atoms in total. The van der Waals surface area contributed by atoms with E-state index in [2.05, 4.69) is 0 Å². The van der Waals surface area contributed by atoms with Crippen molar-refractivity contribution in [2.24, 2.45) is 0 Å². The van der Waals surface area contributed by atoms with Crippen molar-refractivity contribution in [2.45, 2.75) is 38.6 Å². The van der Waals surface area contributed by atoms with Gasteiger partial charge in [0.05, 0.1) is 4.92 Å². The van der Waals surface area contributed by atoms with E-state index in [1.165, 1.54) is 0 Å². The Labute approximate surface area is 121 Å². The average Bonchev–Trinajstić information content (AvgIpc) is 2.62. The zero-order chi connectivity index (χ0) is 15.6. The molecule has 1 amide bonds. The van der Waals surface area contributed by atoms with Crippen molar-refractivity contribution in [3.63, 3.8) is 0 Å². The van der Waals surface area contributed by atoms with Gasteiger partial charge < -0.3 is 10.6 Å². The Bertz CT molecular complexity index is 577. The topological polar surface area (TPSA) is 89.5 Å². The van der Waals surface area contributed by atoms with Crippen molar-refractivity contribution < 1.29 is 14.1 Å². The van der Waals surface area contributed by atoms with Crippen LogP contribution in [0.3, 0.4) is 0 Å². The average molecular weight is 295 g/mol. The Morgan fingerprint density at radius 2 is 2.14 bits per heavy atom. The van der Waals surface area contributed by atoms with Gasteiger partial charge in [0.1, 0.15) is 17.1 Å². The van der Waals surface area contributed by atoms with Crippen LogP contribution < -0.4 is 5.73 Å². The maximum absolute atomic E-state index is 14.0. The van der Waals surface area contributed by atoms with Crippen LogP contribution in [-0.4, -0.2) is 28.3 Å². The number of nitro benzene ring substituents is 1. The number of hydrogen-bond donors (Lipinski definition) is 1. The lowest BCUT2D eigenvalue weighted by molar-refractivity contribution is -0.384. The largest absolute Gasteiger partial charge is 0.392 e. The van der Waals surface area contributed by atoms with E-state index in [1.54, 1.807) is 4.90 Å². The normalized spacial score (nSPS) is 19.1. The number of rotatable bonds is 2. The van der Waals surface area contributed by atoms with Crippen LogP contribution in [0.5, 0.6) is 0 Å². The lowest BCUT2D eigenvalue weighted by Gasteiger charge is -2.27. The summed E-state index contributed by atoms with van der Waals surface area (Å²) in [7, 11) is 0. The van der Waals surface area contributed by atoms with Crippen molar-refractivity contribution in [3.05, 3.63) is 33.6 Å². The number of nitrogens with zero attached hydrogens (tertiary/aromatic N) is 2. The number of nitro groups is 1. The minimum Gasteiger partial charge on any atom is -0.392 e. The Morgan fingerprint density at radius 1 is 1.43 bits per heavy atom. The van der Waals surface area contributed by atoms with Crippen LogP contribution in [0.25, 0.3) is 0 Å². The van der Waals surface area contributed by atoms with Crippen LogP contribution in [0.2, 0.25) is 0 Å². The van der Waals surface area contributed by atoms with Gasteiger partial charge in [0.2, 0.25) is 0 Å². The molecule has 1 saturated heterocycles. The van der Waals surface area contributed by atoms with Crippen molar-refractivity contribution in [3.8, 4) is 0 Å². The third kappa shape index (κ3) is 2.96. The molecule has 0 spiro atoms. The number of halogens is 1. The molecule has 1 aliphatic heterocycles. The van der Waals surface area contributed by atoms with Crippen molar-refractivity contribution in [1.29, 1.82) is 0 Å². The number of hydrogen-bond acceptors (Lipinski definition) is 4. The van der Waals surface area contributed by atoms with Gasteiger partial charge >= 0.3 is 0 Å². The Kier molecular flexibility index (Phi) is 4.40. The molecule has 1 unspecified atom stereocenters. The van der Waals surface area contributed by atoms with E-state index in [0.29, 0.717) is 6.54 Å². The fourth-order valence-corrected chi connectivity index (χ4v) is 2.68. The lowest BCUT2D eigenvalue weighted by Crippen LogP contribution is -2.39. The second kappa shape index (κ2) is 6.07. The molecule has 1 aliphatic rings. The monoisotopic (exact) mass is 295 g/mol. The van der Waals surface area contributed by atoms with Crippen molar-refractivity contribution in [1.82, 2.24) is 4.90 Å². The highest BCUT2D eigenvalue weighted by molar-refractivity contribution is 6.01. The summed E-state index contributed by atoms with van der Waals surface area (Å²) in [6, 6.07) is 1.87. The van der Waals surface area contributed by atoms with Gasteiger partial charge in [-0.3, -0.25) is 14.9 Å². The smallest absolute Gasteiger partial charge is 0.293 e. The summed E-state index contributed by atoms with van der Waals surface area (Å²) in [6.07, 6.45) is 3.70. The van der Waals surface area contributed by atoms with E-state index in [9.17, 15) is 19.3 Å². The van der Waals surface area contributed by atoms with E-state index in [4.69, 9.17) is 5.73 Å². The summed E-state index contributed by atoms with van der Waals surface area (Å²) in [5.74, 6) is -1.39. The SMILES string of the molecule is CC1CCCCCN1C(=O)c1c(F)ccc([N+](=O)[O-])c1N. The molecule has 1 fully saturated rings. The van der Waals surface area contributed by atoms with Crippen LogP contribution in [0, 0.1) is 15.9 Å². The molecule has 0 bridgehead atoms. The molecular formula is C14H18FN3O3. The molecule has 1 atom stereocenters. The molecule has 0 aromatic heterocycles. The predicted octanol–water partition coefficient (Wildman–Crippen LogP) is 2.72. The third-order valence-electron chi connectivity index (χ3n) is 3.90. The molecule has 1 aromatic rings. The van der Waals surface area contributed by atoms with Gasteiger partial charge in [-0.2, -0.15) is 0 Å². The standard InChI is InChI=1S/C14H18FN3O3/c1-9-5-3-2-4-8-17(9)14(19)12-10(15)6-7-11(13(12)16)18(20)21/h6-7,9H,2-5,8,16H2,1H3. The molecule has 1 heterocycles. The molecule has 114 valence electrons. The van der Waals surface area contributed by atoms with Gasteiger partial charge in [-0.1, -0.05) is 12.8 Å². The van der Waals surface area contributed by atoms with Gasteiger partial charge in [0, 0.05) is 18.7 Å². The van der Waals surface area contributed by atoms with E-state index in [1.807, 2.05) is 6.92 Å². The molecule has 2 rings (SSSR count). The number of benzene rings is 1. The lowest BCUT2D eigenvalue weighted by atomic mass is 10.1. The van der Waals surface area contributed by atoms with E-state index in [-0.39, 0.29) is 6.04 Å². The molecule has 7 heteroatoms.